The number of piperidine rings is 1. The first-order chi connectivity index (χ1) is 18.7. The van der Waals surface area contributed by atoms with Crippen LogP contribution < -0.4 is 0 Å². The normalized spacial score (nSPS) is 14.0. The Morgan fingerprint density at radius 3 is 2.31 bits per heavy atom. The Hall–Kier alpha value is -3.75. The van der Waals surface area contributed by atoms with E-state index in [2.05, 4.69) is 5.10 Å². The molecular formula is C29H23Cl2F2N3O3. The second kappa shape index (κ2) is 11.2. The van der Waals surface area contributed by atoms with Gasteiger partial charge in [-0.15, -0.1) is 0 Å². The van der Waals surface area contributed by atoms with Crippen LogP contribution in [0.5, 0.6) is 0 Å². The highest BCUT2D eigenvalue weighted by atomic mass is 35.5. The first kappa shape index (κ1) is 26.8. The van der Waals surface area contributed by atoms with Gasteiger partial charge in [0.25, 0.3) is 5.91 Å². The zero-order valence-corrected chi connectivity index (χ0v) is 22.1. The van der Waals surface area contributed by atoms with Crippen LogP contribution in [-0.2, 0) is 11.2 Å². The number of carbonyl (C=O) groups excluding carboxylic acids is 1. The fraction of sp³-hybridized carbons (Fsp3) is 0.207. The standard InChI is InChI=1S/C29H23Cl2F2N3O3/c30-19-7-5-18(6-8-19)28-22(16-26(37)38)27(34-36(28)25-4-2-1-3-23(25)31)29(39)35-13-11-17(12-14-35)21-10-9-20(32)15-24(21)33/h1-10,15,17H,11-14,16H2,(H,37,38). The molecule has 3 aromatic carbocycles. The summed E-state index contributed by atoms with van der Waals surface area (Å²) in [5.41, 5.74) is 2.21. The van der Waals surface area contributed by atoms with Gasteiger partial charge in [0.15, 0.2) is 5.69 Å². The summed E-state index contributed by atoms with van der Waals surface area (Å²) < 4.78 is 29.2. The first-order valence-electron chi connectivity index (χ1n) is 12.3. The van der Waals surface area contributed by atoms with E-state index in [4.69, 9.17) is 23.2 Å². The van der Waals surface area contributed by atoms with Gasteiger partial charge in [-0.2, -0.15) is 5.10 Å². The number of benzene rings is 3. The molecule has 1 N–H and O–H groups in total. The molecule has 10 heteroatoms. The van der Waals surface area contributed by atoms with E-state index in [1.54, 1.807) is 53.4 Å². The van der Waals surface area contributed by atoms with E-state index >= 15 is 0 Å². The maximum atomic E-state index is 14.3. The van der Waals surface area contributed by atoms with E-state index in [-0.39, 0.29) is 17.2 Å². The molecule has 6 nitrogen and oxygen atoms in total. The zero-order chi connectivity index (χ0) is 27.7. The zero-order valence-electron chi connectivity index (χ0n) is 20.6. The minimum Gasteiger partial charge on any atom is -0.481 e. The van der Waals surface area contributed by atoms with Crippen molar-refractivity contribution >= 4 is 35.1 Å². The average Bonchev–Trinajstić information content (AvgIpc) is 3.27. The minimum atomic E-state index is -1.12. The molecule has 0 bridgehead atoms. The van der Waals surface area contributed by atoms with Gasteiger partial charge in [0, 0.05) is 35.3 Å². The van der Waals surface area contributed by atoms with Gasteiger partial charge in [0.05, 0.1) is 22.8 Å². The number of likely N-dealkylation sites (tertiary alicyclic amines) is 1. The summed E-state index contributed by atoms with van der Waals surface area (Å²) in [6, 6.07) is 17.3. The van der Waals surface area contributed by atoms with Crippen molar-refractivity contribution in [3.8, 4) is 16.9 Å². The monoisotopic (exact) mass is 569 g/mol. The van der Waals surface area contributed by atoms with Gasteiger partial charge in [-0.3, -0.25) is 9.59 Å². The summed E-state index contributed by atoms with van der Waals surface area (Å²) in [4.78, 5) is 27.3. The maximum Gasteiger partial charge on any atom is 0.307 e. The lowest BCUT2D eigenvalue weighted by Crippen LogP contribution is -2.38. The van der Waals surface area contributed by atoms with Crippen molar-refractivity contribution in [1.29, 1.82) is 0 Å². The number of carboxylic acid groups (broad SMARTS) is 1. The highest BCUT2D eigenvalue weighted by molar-refractivity contribution is 6.32. The third-order valence-electron chi connectivity index (χ3n) is 6.90. The largest absolute Gasteiger partial charge is 0.481 e. The van der Waals surface area contributed by atoms with Gasteiger partial charge in [-0.25, -0.2) is 13.5 Å². The molecule has 1 amide bonds. The van der Waals surface area contributed by atoms with Crippen LogP contribution in [0, 0.1) is 11.6 Å². The number of aliphatic carboxylic acids is 1. The van der Waals surface area contributed by atoms with Crippen molar-refractivity contribution in [2.24, 2.45) is 0 Å². The lowest BCUT2D eigenvalue weighted by Gasteiger charge is -2.32. The molecule has 0 aliphatic carbocycles. The molecule has 0 unspecified atom stereocenters. The minimum absolute atomic E-state index is 0.00804. The van der Waals surface area contributed by atoms with E-state index in [1.165, 1.54) is 16.8 Å². The second-order valence-corrected chi connectivity index (χ2v) is 10.2. The van der Waals surface area contributed by atoms with E-state index in [0.29, 0.717) is 58.5 Å². The highest BCUT2D eigenvalue weighted by Gasteiger charge is 2.32. The third-order valence-corrected chi connectivity index (χ3v) is 7.47. The second-order valence-electron chi connectivity index (χ2n) is 9.35. The van der Waals surface area contributed by atoms with Crippen molar-refractivity contribution in [1.82, 2.24) is 14.7 Å². The smallest absolute Gasteiger partial charge is 0.307 e. The lowest BCUT2D eigenvalue weighted by atomic mass is 9.89. The van der Waals surface area contributed by atoms with Crippen molar-refractivity contribution < 1.29 is 23.5 Å². The third kappa shape index (κ3) is 5.53. The van der Waals surface area contributed by atoms with Gasteiger partial charge in [-0.05, 0) is 54.7 Å². The number of halogens is 4. The number of para-hydroxylation sites is 1. The molecular weight excluding hydrogens is 547 g/mol. The molecule has 39 heavy (non-hydrogen) atoms. The maximum absolute atomic E-state index is 14.3. The molecule has 1 aliphatic heterocycles. The Bertz CT molecular complexity index is 1550. The van der Waals surface area contributed by atoms with Gasteiger partial charge in [0.2, 0.25) is 0 Å². The summed E-state index contributed by atoms with van der Waals surface area (Å²) in [6.45, 7) is 0.615. The van der Waals surface area contributed by atoms with E-state index in [1.807, 2.05) is 0 Å². The molecule has 200 valence electrons. The van der Waals surface area contributed by atoms with Crippen LogP contribution in [0.2, 0.25) is 10.0 Å². The van der Waals surface area contributed by atoms with Crippen molar-refractivity contribution in [3.63, 3.8) is 0 Å². The average molecular weight is 570 g/mol. The van der Waals surface area contributed by atoms with Gasteiger partial charge in [-0.1, -0.05) is 53.5 Å². The van der Waals surface area contributed by atoms with Gasteiger partial charge in [0.1, 0.15) is 11.6 Å². The Balaban J connectivity index is 1.54. The molecule has 0 atom stereocenters. The fourth-order valence-corrected chi connectivity index (χ4v) is 5.36. The number of hydrogen-bond acceptors (Lipinski definition) is 3. The van der Waals surface area contributed by atoms with Crippen LogP contribution in [0.1, 0.15) is 40.4 Å². The van der Waals surface area contributed by atoms with Gasteiger partial charge >= 0.3 is 5.97 Å². The van der Waals surface area contributed by atoms with E-state index in [9.17, 15) is 23.5 Å². The summed E-state index contributed by atoms with van der Waals surface area (Å²) in [5.74, 6) is -2.96. The van der Waals surface area contributed by atoms with Crippen LogP contribution in [0.15, 0.2) is 66.7 Å². The number of hydrogen-bond donors (Lipinski definition) is 1. The van der Waals surface area contributed by atoms with Crippen LogP contribution >= 0.6 is 23.2 Å². The molecule has 0 spiro atoms. The Kier molecular flexibility index (Phi) is 7.68. The highest BCUT2D eigenvalue weighted by Crippen LogP contribution is 2.35. The Morgan fingerprint density at radius 2 is 1.67 bits per heavy atom. The summed E-state index contributed by atoms with van der Waals surface area (Å²) in [7, 11) is 0. The quantitative estimate of drug-likeness (QED) is 0.278. The fourth-order valence-electron chi connectivity index (χ4n) is 5.02. The van der Waals surface area contributed by atoms with Crippen LogP contribution in [0.4, 0.5) is 8.78 Å². The molecule has 0 radical (unpaired) electrons. The Morgan fingerprint density at radius 1 is 0.974 bits per heavy atom. The summed E-state index contributed by atoms with van der Waals surface area (Å²) in [6.07, 6.45) is 0.496. The van der Waals surface area contributed by atoms with E-state index < -0.39 is 29.9 Å². The van der Waals surface area contributed by atoms with Crippen LogP contribution in [-0.4, -0.2) is 44.8 Å². The Labute approximate surface area is 233 Å². The number of aromatic nitrogens is 2. The predicted octanol–water partition coefficient (Wildman–Crippen LogP) is 6.77. The number of rotatable bonds is 6. The summed E-state index contributed by atoms with van der Waals surface area (Å²) >= 11 is 12.6. The molecule has 4 aromatic rings. The van der Waals surface area contributed by atoms with E-state index in [0.717, 1.165) is 6.07 Å². The SMILES string of the molecule is O=C(O)Cc1c(C(=O)N2CCC(c3ccc(F)cc3F)CC2)nn(-c2ccccc2Cl)c1-c1ccc(Cl)cc1. The van der Waals surface area contributed by atoms with Gasteiger partial charge < -0.3 is 10.0 Å². The lowest BCUT2D eigenvalue weighted by molar-refractivity contribution is -0.136. The van der Waals surface area contributed by atoms with Crippen molar-refractivity contribution in [2.45, 2.75) is 25.2 Å². The topological polar surface area (TPSA) is 75.4 Å². The molecule has 5 rings (SSSR count). The molecule has 1 saturated heterocycles. The van der Waals surface area contributed by atoms with Crippen LogP contribution in [0.25, 0.3) is 16.9 Å². The van der Waals surface area contributed by atoms with Crippen molar-refractivity contribution in [3.05, 3.63) is 105 Å². The predicted molar refractivity (Wildman–Crippen MR) is 145 cm³/mol. The number of nitrogens with zero attached hydrogens (tertiary/aromatic N) is 3. The first-order valence-corrected chi connectivity index (χ1v) is 13.1. The molecule has 2 heterocycles. The molecule has 1 aromatic heterocycles. The number of carbonyl (C=O) groups is 2. The van der Waals surface area contributed by atoms with Crippen molar-refractivity contribution in [2.75, 3.05) is 13.1 Å². The molecule has 1 aliphatic rings. The molecule has 1 fully saturated rings. The van der Waals surface area contributed by atoms with Crippen LogP contribution in [0.3, 0.4) is 0 Å². The number of carboxylic acids is 1. The molecule has 0 saturated carbocycles. The summed E-state index contributed by atoms with van der Waals surface area (Å²) in [5, 5.41) is 15.3. The number of amides is 1.